The van der Waals surface area contributed by atoms with Gasteiger partial charge in [-0.25, -0.2) is 0 Å². The lowest BCUT2D eigenvalue weighted by atomic mass is 9.50. The van der Waals surface area contributed by atoms with Crippen LogP contribution in [0.5, 0.6) is 0 Å². The number of aliphatic hydroxyl groups is 1. The van der Waals surface area contributed by atoms with E-state index in [1.807, 2.05) is 6.92 Å². The minimum atomic E-state index is -0.599. The van der Waals surface area contributed by atoms with Gasteiger partial charge in [-0.2, -0.15) is 0 Å². The summed E-state index contributed by atoms with van der Waals surface area (Å²) in [7, 11) is 1.71. The van der Waals surface area contributed by atoms with Crippen LogP contribution in [-0.4, -0.2) is 30.2 Å². The van der Waals surface area contributed by atoms with E-state index >= 15 is 0 Å². The molecule has 4 rings (SSSR count). The summed E-state index contributed by atoms with van der Waals surface area (Å²) in [5, 5.41) is 10.9. The molecule has 0 aliphatic heterocycles. The number of carbonyl (C=O) groups excluding carboxylic acids is 1. The number of fused-ring (bicyclic) bond motifs is 5. The van der Waals surface area contributed by atoms with Crippen molar-refractivity contribution in [2.24, 2.45) is 40.9 Å². The summed E-state index contributed by atoms with van der Waals surface area (Å²) in [5.41, 5.74) is -0.334. The van der Waals surface area contributed by atoms with Gasteiger partial charge in [0.1, 0.15) is 5.78 Å². The molecule has 0 aromatic heterocycles. The van der Waals surface area contributed by atoms with Crippen molar-refractivity contribution < 1.29 is 14.6 Å². The highest BCUT2D eigenvalue weighted by molar-refractivity contribution is 5.79. The highest BCUT2D eigenvalue weighted by atomic mass is 16.5. The van der Waals surface area contributed by atoms with Gasteiger partial charge in [-0.3, -0.25) is 4.79 Å². The predicted molar refractivity (Wildman–Crippen MR) is 103 cm³/mol. The molecule has 4 fully saturated rings. The molecule has 4 aliphatic carbocycles. The van der Waals surface area contributed by atoms with Crippen LogP contribution in [0, 0.1) is 40.9 Å². The zero-order valence-electron chi connectivity index (χ0n) is 17.0. The molecule has 0 aromatic carbocycles. The minimum absolute atomic E-state index is 0.265. The van der Waals surface area contributed by atoms with Crippen LogP contribution < -0.4 is 0 Å². The minimum Gasteiger partial charge on any atom is -0.387 e. The first kappa shape index (κ1) is 18.9. The fraction of sp³-hybridized carbons (Fsp3) is 0.957. The summed E-state index contributed by atoms with van der Waals surface area (Å²) in [6.45, 7) is 4.74. The first-order valence-corrected chi connectivity index (χ1v) is 11.1. The van der Waals surface area contributed by atoms with Crippen molar-refractivity contribution in [1.82, 2.24) is 0 Å². The summed E-state index contributed by atoms with van der Waals surface area (Å²) in [5.74, 6) is 4.76. The van der Waals surface area contributed by atoms with E-state index in [9.17, 15) is 9.90 Å². The second-order valence-corrected chi connectivity index (χ2v) is 10.5. The number of Topliss-reactive ketones (excluding diaryl/α,β-unsaturated/α-hetero) is 1. The summed E-state index contributed by atoms with van der Waals surface area (Å²) in [6.07, 6.45) is 11.8. The quantitative estimate of drug-likeness (QED) is 0.797. The molecule has 0 saturated heterocycles. The van der Waals surface area contributed by atoms with Crippen LogP contribution in [0.1, 0.15) is 78.1 Å². The van der Waals surface area contributed by atoms with Crippen molar-refractivity contribution >= 4 is 5.78 Å². The molecule has 0 bridgehead atoms. The van der Waals surface area contributed by atoms with Crippen molar-refractivity contribution in [1.29, 1.82) is 0 Å². The van der Waals surface area contributed by atoms with Crippen molar-refractivity contribution in [3.8, 4) is 0 Å². The molecule has 0 unspecified atom stereocenters. The van der Waals surface area contributed by atoms with Crippen LogP contribution in [0.2, 0.25) is 0 Å². The maximum Gasteiger partial charge on any atom is 0.133 e. The summed E-state index contributed by atoms with van der Waals surface area (Å²) >= 11 is 0. The van der Waals surface area contributed by atoms with E-state index in [0.29, 0.717) is 18.3 Å². The van der Waals surface area contributed by atoms with E-state index in [-0.39, 0.29) is 5.41 Å². The van der Waals surface area contributed by atoms with E-state index in [2.05, 4.69) is 6.92 Å². The molecule has 0 radical (unpaired) electrons. The normalized spacial score (nSPS) is 51.1. The Balaban J connectivity index is 1.52. The molecule has 0 amide bonds. The van der Waals surface area contributed by atoms with Crippen LogP contribution in [0.3, 0.4) is 0 Å². The molecule has 4 saturated carbocycles. The Hall–Kier alpha value is -0.410. The van der Waals surface area contributed by atoms with Gasteiger partial charge in [0.15, 0.2) is 0 Å². The lowest BCUT2D eigenvalue weighted by molar-refractivity contribution is -0.127. The largest absolute Gasteiger partial charge is 0.387 e. The number of rotatable bonds is 3. The lowest BCUT2D eigenvalue weighted by Crippen LogP contribution is -2.48. The van der Waals surface area contributed by atoms with Gasteiger partial charge in [0.25, 0.3) is 0 Å². The molecule has 148 valence electrons. The summed E-state index contributed by atoms with van der Waals surface area (Å²) < 4.78 is 5.32. The molecular formula is C23H38O3. The van der Waals surface area contributed by atoms with Crippen LogP contribution in [-0.2, 0) is 9.53 Å². The molecule has 0 spiro atoms. The maximum atomic E-state index is 12.2. The Morgan fingerprint density at radius 3 is 2.42 bits per heavy atom. The number of hydrogen-bond donors (Lipinski definition) is 1. The average Bonchev–Trinajstić information content (AvgIpc) is 2.87. The van der Waals surface area contributed by atoms with Crippen LogP contribution in [0.4, 0.5) is 0 Å². The average molecular weight is 363 g/mol. The fourth-order valence-corrected chi connectivity index (χ4v) is 8.14. The Bertz CT molecular complexity index is 546. The second-order valence-electron chi connectivity index (χ2n) is 10.5. The van der Waals surface area contributed by atoms with Crippen molar-refractivity contribution in [3.05, 3.63) is 0 Å². The Morgan fingerprint density at radius 2 is 1.69 bits per heavy atom. The Labute approximate surface area is 159 Å². The van der Waals surface area contributed by atoms with Gasteiger partial charge in [0.2, 0.25) is 0 Å². The summed E-state index contributed by atoms with van der Waals surface area (Å²) in [6, 6.07) is 0. The molecule has 1 N–H and O–H groups in total. The third-order valence-electron chi connectivity index (χ3n) is 9.35. The molecule has 0 aromatic rings. The standard InChI is InChI=1S/C23H38O3/c1-15(24)20-6-7-21-19-5-4-16-8-12-23(25,14-26-3)13-10-17(16)18(19)9-11-22(20,21)2/h16-21,25H,4-14H2,1-3H3/t16-,17+,18-,19-,20-,21+,22-,23+/m1/s1. The number of ether oxygens (including phenoxy) is 1. The van der Waals surface area contributed by atoms with Crippen molar-refractivity contribution in [2.75, 3.05) is 13.7 Å². The van der Waals surface area contributed by atoms with Gasteiger partial charge in [0, 0.05) is 13.0 Å². The fourth-order valence-electron chi connectivity index (χ4n) is 8.14. The van der Waals surface area contributed by atoms with E-state index in [0.717, 1.165) is 48.9 Å². The van der Waals surface area contributed by atoms with E-state index < -0.39 is 5.60 Å². The molecule has 3 nitrogen and oxygen atoms in total. The molecule has 8 atom stereocenters. The van der Waals surface area contributed by atoms with Gasteiger partial charge in [0.05, 0.1) is 12.2 Å². The summed E-state index contributed by atoms with van der Waals surface area (Å²) in [4.78, 5) is 12.2. The predicted octanol–water partition coefficient (Wildman–Crippen LogP) is 4.61. The monoisotopic (exact) mass is 362 g/mol. The lowest BCUT2D eigenvalue weighted by Gasteiger charge is -2.54. The van der Waals surface area contributed by atoms with E-state index in [4.69, 9.17) is 4.74 Å². The number of methoxy groups -OCH3 is 1. The third-order valence-corrected chi connectivity index (χ3v) is 9.35. The number of hydrogen-bond acceptors (Lipinski definition) is 3. The first-order valence-electron chi connectivity index (χ1n) is 11.1. The smallest absolute Gasteiger partial charge is 0.133 e. The Kier molecular flexibility index (Phi) is 5.01. The van der Waals surface area contributed by atoms with E-state index in [1.54, 1.807) is 7.11 Å². The zero-order chi connectivity index (χ0) is 18.5. The van der Waals surface area contributed by atoms with Crippen LogP contribution in [0.15, 0.2) is 0 Å². The van der Waals surface area contributed by atoms with Gasteiger partial charge >= 0.3 is 0 Å². The first-order chi connectivity index (χ1) is 12.4. The molecule has 26 heavy (non-hydrogen) atoms. The van der Waals surface area contributed by atoms with Crippen LogP contribution in [0.25, 0.3) is 0 Å². The highest BCUT2D eigenvalue weighted by Crippen LogP contribution is 2.64. The second kappa shape index (κ2) is 6.88. The SMILES string of the molecule is COC[C@]1(O)CC[C@H]2CC[C@@H]3[C@H](CC[C@]4(C)[C@@H](C(C)=O)CC[C@@H]34)[C@H]2CC1. The van der Waals surface area contributed by atoms with Crippen LogP contribution >= 0.6 is 0 Å². The van der Waals surface area contributed by atoms with Gasteiger partial charge in [-0.1, -0.05) is 6.92 Å². The van der Waals surface area contributed by atoms with Gasteiger partial charge in [-0.15, -0.1) is 0 Å². The molecule has 3 heteroatoms. The number of carbonyl (C=O) groups is 1. The molecule has 0 heterocycles. The number of ketones is 1. The highest BCUT2D eigenvalue weighted by Gasteiger charge is 2.57. The van der Waals surface area contributed by atoms with Crippen molar-refractivity contribution in [2.45, 2.75) is 83.7 Å². The third kappa shape index (κ3) is 2.98. The Morgan fingerprint density at radius 1 is 0.962 bits per heavy atom. The topological polar surface area (TPSA) is 46.5 Å². The molecular weight excluding hydrogens is 324 g/mol. The molecule has 4 aliphatic rings. The maximum absolute atomic E-state index is 12.2. The van der Waals surface area contributed by atoms with E-state index in [1.165, 1.54) is 44.9 Å². The van der Waals surface area contributed by atoms with Gasteiger partial charge < -0.3 is 9.84 Å². The van der Waals surface area contributed by atoms with Crippen molar-refractivity contribution in [3.63, 3.8) is 0 Å². The zero-order valence-corrected chi connectivity index (χ0v) is 17.0. The van der Waals surface area contributed by atoms with Gasteiger partial charge in [-0.05, 0) is 106 Å².